The molecular formula is C11H16N4O4S. The van der Waals surface area contributed by atoms with Crippen molar-refractivity contribution in [2.45, 2.75) is 18.2 Å². The molecule has 1 fully saturated rings. The first-order valence-corrected chi connectivity index (χ1v) is 7.58. The number of nitrogens with zero attached hydrogens (tertiary/aromatic N) is 1. The first kappa shape index (κ1) is 14.7. The molecule has 1 aromatic carbocycles. The number of rotatable bonds is 6. The second-order valence-corrected chi connectivity index (χ2v) is 6.64. The van der Waals surface area contributed by atoms with E-state index in [-0.39, 0.29) is 16.3 Å². The number of nitro groups is 1. The van der Waals surface area contributed by atoms with Gasteiger partial charge in [0.2, 0.25) is 10.0 Å². The van der Waals surface area contributed by atoms with Crippen LogP contribution in [0.4, 0.5) is 11.4 Å². The minimum atomic E-state index is -3.83. The molecule has 0 aliphatic heterocycles. The van der Waals surface area contributed by atoms with E-state index in [4.69, 9.17) is 5.84 Å². The van der Waals surface area contributed by atoms with Gasteiger partial charge in [-0.1, -0.05) is 6.92 Å². The lowest BCUT2D eigenvalue weighted by atomic mass is 10.3. The highest BCUT2D eigenvalue weighted by Crippen LogP contribution is 2.37. The van der Waals surface area contributed by atoms with Crippen LogP contribution in [0.3, 0.4) is 0 Å². The van der Waals surface area contributed by atoms with Crippen LogP contribution in [0.15, 0.2) is 23.1 Å². The molecule has 9 heteroatoms. The number of sulfonamides is 1. The van der Waals surface area contributed by atoms with Gasteiger partial charge in [-0.05, 0) is 24.3 Å². The summed E-state index contributed by atoms with van der Waals surface area (Å²) < 4.78 is 26.9. The van der Waals surface area contributed by atoms with Gasteiger partial charge in [-0.2, -0.15) is 0 Å². The van der Waals surface area contributed by atoms with E-state index in [1.54, 1.807) is 0 Å². The lowest BCUT2D eigenvalue weighted by molar-refractivity contribution is -0.385. The standard InChI is InChI=1S/C11H16N4O4S/c1-7-4-8(7)6-13-20(18,19)11-5-9(15(16)17)2-3-10(11)14-12/h2-3,5,7-8,13-14H,4,6,12H2,1H3. The van der Waals surface area contributed by atoms with E-state index in [0.717, 1.165) is 12.5 Å². The first-order valence-electron chi connectivity index (χ1n) is 6.10. The molecule has 0 spiro atoms. The Morgan fingerprint density at radius 1 is 1.50 bits per heavy atom. The summed E-state index contributed by atoms with van der Waals surface area (Å²) in [4.78, 5) is 9.87. The maximum absolute atomic E-state index is 12.2. The van der Waals surface area contributed by atoms with Crippen molar-refractivity contribution < 1.29 is 13.3 Å². The van der Waals surface area contributed by atoms with Crippen LogP contribution >= 0.6 is 0 Å². The number of benzene rings is 1. The average molecular weight is 300 g/mol. The maximum Gasteiger partial charge on any atom is 0.270 e. The molecule has 1 aliphatic carbocycles. The Hall–Kier alpha value is -1.71. The van der Waals surface area contributed by atoms with Gasteiger partial charge in [-0.25, -0.2) is 13.1 Å². The van der Waals surface area contributed by atoms with Gasteiger partial charge in [-0.3, -0.25) is 16.0 Å². The van der Waals surface area contributed by atoms with Crippen LogP contribution in [-0.2, 0) is 10.0 Å². The predicted octanol–water partition coefficient (Wildman–Crippen LogP) is 0.815. The van der Waals surface area contributed by atoms with Crippen molar-refractivity contribution in [1.82, 2.24) is 4.72 Å². The van der Waals surface area contributed by atoms with Gasteiger partial charge in [0.25, 0.3) is 5.69 Å². The minimum Gasteiger partial charge on any atom is -0.323 e. The third kappa shape index (κ3) is 3.06. The third-order valence-corrected chi connectivity index (χ3v) is 4.90. The summed E-state index contributed by atoms with van der Waals surface area (Å²) in [5.74, 6) is 6.09. The lowest BCUT2D eigenvalue weighted by Crippen LogP contribution is -2.27. The third-order valence-electron chi connectivity index (χ3n) is 3.43. The van der Waals surface area contributed by atoms with Crippen molar-refractivity contribution in [2.24, 2.45) is 17.7 Å². The molecule has 1 aliphatic rings. The molecule has 2 atom stereocenters. The fourth-order valence-electron chi connectivity index (χ4n) is 1.94. The van der Waals surface area contributed by atoms with Gasteiger partial charge >= 0.3 is 0 Å². The van der Waals surface area contributed by atoms with E-state index < -0.39 is 14.9 Å². The van der Waals surface area contributed by atoms with Gasteiger partial charge in [0, 0.05) is 18.7 Å². The molecule has 8 nitrogen and oxygen atoms in total. The minimum absolute atomic E-state index is 0.118. The van der Waals surface area contributed by atoms with Crippen molar-refractivity contribution >= 4 is 21.4 Å². The van der Waals surface area contributed by atoms with Crippen LogP contribution in [0.25, 0.3) is 0 Å². The number of anilines is 1. The topological polar surface area (TPSA) is 127 Å². The van der Waals surface area contributed by atoms with E-state index in [9.17, 15) is 18.5 Å². The molecule has 20 heavy (non-hydrogen) atoms. The van der Waals surface area contributed by atoms with Crippen LogP contribution in [0.2, 0.25) is 0 Å². The zero-order valence-electron chi connectivity index (χ0n) is 10.9. The highest BCUT2D eigenvalue weighted by atomic mass is 32.2. The molecule has 0 aromatic heterocycles. The van der Waals surface area contributed by atoms with Crippen LogP contribution < -0.4 is 16.0 Å². The lowest BCUT2D eigenvalue weighted by Gasteiger charge is -2.10. The molecule has 2 unspecified atom stereocenters. The Kier molecular flexibility index (Phi) is 3.93. The number of nitrogens with two attached hydrogens (primary N) is 1. The van der Waals surface area contributed by atoms with E-state index in [2.05, 4.69) is 10.1 Å². The smallest absolute Gasteiger partial charge is 0.270 e. The fraction of sp³-hybridized carbons (Fsp3) is 0.455. The van der Waals surface area contributed by atoms with Crippen molar-refractivity contribution in [2.75, 3.05) is 12.0 Å². The normalized spacial score (nSPS) is 21.5. The predicted molar refractivity (Wildman–Crippen MR) is 73.4 cm³/mol. The average Bonchev–Trinajstić information content (AvgIpc) is 3.11. The van der Waals surface area contributed by atoms with Gasteiger partial charge in [-0.15, -0.1) is 0 Å². The number of hydrogen-bond donors (Lipinski definition) is 3. The van der Waals surface area contributed by atoms with E-state index in [1.165, 1.54) is 12.1 Å². The van der Waals surface area contributed by atoms with E-state index >= 15 is 0 Å². The first-order chi connectivity index (χ1) is 9.35. The van der Waals surface area contributed by atoms with Crippen molar-refractivity contribution in [1.29, 1.82) is 0 Å². The van der Waals surface area contributed by atoms with Gasteiger partial charge < -0.3 is 5.43 Å². The fourth-order valence-corrected chi connectivity index (χ4v) is 3.23. The van der Waals surface area contributed by atoms with Crippen LogP contribution in [0, 0.1) is 22.0 Å². The second-order valence-electron chi connectivity index (χ2n) is 4.91. The Labute approximate surface area is 116 Å². The number of nitro benzene ring substituents is 1. The zero-order chi connectivity index (χ0) is 14.9. The van der Waals surface area contributed by atoms with Gasteiger partial charge in [0.1, 0.15) is 4.90 Å². The van der Waals surface area contributed by atoms with E-state index in [1.807, 2.05) is 6.92 Å². The van der Waals surface area contributed by atoms with Crippen molar-refractivity contribution in [3.63, 3.8) is 0 Å². The molecule has 1 aromatic rings. The second kappa shape index (κ2) is 5.35. The summed E-state index contributed by atoms with van der Waals surface area (Å²) in [6.07, 6.45) is 0.986. The maximum atomic E-state index is 12.2. The van der Waals surface area contributed by atoms with Crippen LogP contribution in [0.1, 0.15) is 13.3 Å². The highest BCUT2D eigenvalue weighted by Gasteiger charge is 2.34. The summed E-state index contributed by atoms with van der Waals surface area (Å²) in [7, 11) is -3.83. The molecule has 4 N–H and O–H groups in total. The quantitative estimate of drug-likeness (QED) is 0.405. The molecule has 0 saturated heterocycles. The Morgan fingerprint density at radius 3 is 2.65 bits per heavy atom. The molecular weight excluding hydrogens is 284 g/mol. The zero-order valence-corrected chi connectivity index (χ0v) is 11.7. The van der Waals surface area contributed by atoms with Crippen LogP contribution in [0.5, 0.6) is 0 Å². The molecule has 0 amide bonds. The van der Waals surface area contributed by atoms with Crippen molar-refractivity contribution in [3.8, 4) is 0 Å². The Balaban J connectivity index is 2.28. The summed E-state index contributed by atoms with van der Waals surface area (Å²) in [5.41, 5.74) is 2.05. The SMILES string of the molecule is CC1CC1CNS(=O)(=O)c1cc([N+](=O)[O-])ccc1NN. The molecule has 0 radical (unpaired) electrons. The van der Waals surface area contributed by atoms with Crippen LogP contribution in [-0.4, -0.2) is 19.9 Å². The molecule has 2 rings (SSSR count). The summed E-state index contributed by atoms with van der Waals surface area (Å²) in [5, 5.41) is 10.7. The number of non-ortho nitro benzene ring substituents is 1. The molecule has 110 valence electrons. The van der Waals surface area contributed by atoms with E-state index in [0.29, 0.717) is 18.4 Å². The van der Waals surface area contributed by atoms with Crippen molar-refractivity contribution in [3.05, 3.63) is 28.3 Å². The Morgan fingerprint density at radius 2 is 2.15 bits per heavy atom. The summed E-state index contributed by atoms with van der Waals surface area (Å²) >= 11 is 0. The highest BCUT2D eigenvalue weighted by molar-refractivity contribution is 7.89. The summed E-state index contributed by atoms with van der Waals surface area (Å²) in [6, 6.07) is 3.46. The number of nitrogen functional groups attached to an aromatic ring is 1. The van der Waals surface area contributed by atoms with Gasteiger partial charge in [0.05, 0.1) is 10.6 Å². The number of hydrogen-bond acceptors (Lipinski definition) is 6. The molecule has 0 heterocycles. The molecule has 0 bridgehead atoms. The molecule has 1 saturated carbocycles. The van der Waals surface area contributed by atoms with Gasteiger partial charge in [0.15, 0.2) is 0 Å². The largest absolute Gasteiger partial charge is 0.323 e. The summed E-state index contributed by atoms with van der Waals surface area (Å²) in [6.45, 7) is 2.37. The monoisotopic (exact) mass is 300 g/mol. The number of nitrogens with one attached hydrogen (secondary N) is 2. The Bertz CT molecular complexity index is 631. The number of hydrazine groups is 1.